The molecule has 0 radical (unpaired) electrons. The molecule has 3 N–H and O–H groups in total. The molecule has 0 saturated carbocycles. The summed E-state index contributed by atoms with van der Waals surface area (Å²) in [7, 11) is 1.67. The highest BCUT2D eigenvalue weighted by Crippen LogP contribution is 2.27. The number of rotatable bonds is 6. The standard InChI is InChI=1S/C10H19ClN4O/c1-4-8(16-3)9(14-12)10-7(11)6-13-15(10)5-2/h6,8-9,14H,4-5,12H2,1-3H3. The smallest absolute Gasteiger partial charge is 0.0905 e. The average molecular weight is 247 g/mol. The zero-order valence-electron chi connectivity index (χ0n) is 9.90. The van der Waals surface area contributed by atoms with Crippen LogP contribution in [0.5, 0.6) is 0 Å². The second kappa shape index (κ2) is 6.20. The predicted molar refractivity (Wildman–Crippen MR) is 64.1 cm³/mol. The van der Waals surface area contributed by atoms with E-state index in [1.165, 1.54) is 0 Å². The van der Waals surface area contributed by atoms with Gasteiger partial charge in [0.15, 0.2) is 0 Å². The monoisotopic (exact) mass is 246 g/mol. The maximum atomic E-state index is 6.12. The van der Waals surface area contributed by atoms with Crippen molar-refractivity contribution in [3.63, 3.8) is 0 Å². The molecule has 0 fully saturated rings. The van der Waals surface area contributed by atoms with Crippen molar-refractivity contribution in [3.05, 3.63) is 16.9 Å². The topological polar surface area (TPSA) is 65.1 Å². The van der Waals surface area contributed by atoms with Crippen molar-refractivity contribution in [2.75, 3.05) is 7.11 Å². The van der Waals surface area contributed by atoms with E-state index in [-0.39, 0.29) is 12.1 Å². The molecule has 1 aromatic heterocycles. The highest BCUT2D eigenvalue weighted by molar-refractivity contribution is 6.31. The van der Waals surface area contributed by atoms with Crippen LogP contribution >= 0.6 is 11.6 Å². The number of ether oxygens (including phenoxy) is 1. The number of halogens is 1. The number of nitrogens with zero attached hydrogens (tertiary/aromatic N) is 2. The van der Waals surface area contributed by atoms with Crippen LogP contribution < -0.4 is 11.3 Å². The van der Waals surface area contributed by atoms with Gasteiger partial charge >= 0.3 is 0 Å². The third-order valence-electron chi connectivity index (χ3n) is 2.68. The largest absolute Gasteiger partial charge is 0.379 e. The number of nitrogens with two attached hydrogens (primary N) is 1. The SMILES string of the molecule is CCC(OC)C(NN)c1c(Cl)cnn1CC. The first-order valence-corrected chi connectivity index (χ1v) is 5.77. The van der Waals surface area contributed by atoms with Crippen LogP contribution in [0.1, 0.15) is 32.0 Å². The summed E-state index contributed by atoms with van der Waals surface area (Å²) in [6.07, 6.45) is 2.45. The van der Waals surface area contributed by atoms with E-state index in [1.807, 2.05) is 18.5 Å². The molecule has 1 rings (SSSR count). The molecular weight excluding hydrogens is 228 g/mol. The summed E-state index contributed by atoms with van der Waals surface area (Å²) in [6, 6.07) is -0.148. The highest BCUT2D eigenvalue weighted by Gasteiger charge is 2.26. The minimum absolute atomic E-state index is 0.0236. The number of hydrazine groups is 1. The van der Waals surface area contributed by atoms with Crippen molar-refractivity contribution >= 4 is 11.6 Å². The molecule has 0 aromatic carbocycles. The van der Waals surface area contributed by atoms with Crippen LogP contribution in [0.2, 0.25) is 5.02 Å². The molecule has 0 amide bonds. The second-order valence-electron chi connectivity index (χ2n) is 3.52. The van der Waals surface area contributed by atoms with Crippen molar-refractivity contribution in [3.8, 4) is 0 Å². The van der Waals surface area contributed by atoms with Gasteiger partial charge in [-0.25, -0.2) is 5.43 Å². The molecule has 16 heavy (non-hydrogen) atoms. The number of hydrogen-bond acceptors (Lipinski definition) is 4. The van der Waals surface area contributed by atoms with Crippen LogP contribution in [0.3, 0.4) is 0 Å². The van der Waals surface area contributed by atoms with Crippen LogP contribution in [0, 0.1) is 0 Å². The Kier molecular flexibility index (Phi) is 5.21. The first-order valence-electron chi connectivity index (χ1n) is 5.39. The molecule has 2 atom stereocenters. The normalized spacial score (nSPS) is 15.1. The van der Waals surface area contributed by atoms with Crippen LogP contribution in [-0.2, 0) is 11.3 Å². The summed E-state index contributed by atoms with van der Waals surface area (Å²) in [5.74, 6) is 5.58. The maximum absolute atomic E-state index is 6.12. The summed E-state index contributed by atoms with van der Waals surface area (Å²) in [5.41, 5.74) is 3.63. The van der Waals surface area contributed by atoms with Gasteiger partial charge in [-0.15, -0.1) is 0 Å². The van der Waals surface area contributed by atoms with E-state index < -0.39 is 0 Å². The van der Waals surface area contributed by atoms with Gasteiger partial charge in [0.1, 0.15) is 0 Å². The van der Waals surface area contributed by atoms with Crippen LogP contribution in [0.25, 0.3) is 0 Å². The molecule has 0 aliphatic carbocycles. The molecule has 0 bridgehead atoms. The zero-order chi connectivity index (χ0) is 12.1. The molecule has 92 valence electrons. The van der Waals surface area contributed by atoms with Gasteiger partial charge in [0.2, 0.25) is 0 Å². The van der Waals surface area contributed by atoms with Gasteiger partial charge in [0.05, 0.1) is 29.1 Å². The molecule has 5 nitrogen and oxygen atoms in total. The molecule has 1 aromatic rings. The number of nitrogens with one attached hydrogen (secondary N) is 1. The van der Waals surface area contributed by atoms with Crippen molar-refractivity contribution in [1.29, 1.82) is 0 Å². The van der Waals surface area contributed by atoms with Gasteiger partial charge in [-0.1, -0.05) is 18.5 Å². The van der Waals surface area contributed by atoms with E-state index >= 15 is 0 Å². The predicted octanol–water partition coefficient (Wildman–Crippen LogP) is 1.49. The lowest BCUT2D eigenvalue weighted by molar-refractivity contribution is 0.0623. The van der Waals surface area contributed by atoms with Crippen molar-refractivity contribution < 1.29 is 4.74 Å². The van der Waals surface area contributed by atoms with Crippen molar-refractivity contribution in [1.82, 2.24) is 15.2 Å². The summed E-state index contributed by atoms with van der Waals surface area (Å²) in [4.78, 5) is 0. The minimum atomic E-state index is -0.148. The lowest BCUT2D eigenvalue weighted by atomic mass is 10.1. The quantitative estimate of drug-likeness (QED) is 0.590. The van der Waals surface area contributed by atoms with Crippen LogP contribution in [-0.4, -0.2) is 23.0 Å². The Bertz CT molecular complexity index is 325. The Morgan fingerprint density at radius 1 is 1.62 bits per heavy atom. The molecule has 1 heterocycles. The molecular formula is C10H19ClN4O. The molecule has 0 spiro atoms. The summed E-state index contributed by atoms with van der Waals surface area (Å²) >= 11 is 6.12. The Labute approximate surface area is 101 Å². The zero-order valence-corrected chi connectivity index (χ0v) is 10.7. The number of methoxy groups -OCH3 is 1. The first-order chi connectivity index (χ1) is 7.69. The molecule has 0 aliphatic rings. The van der Waals surface area contributed by atoms with Gasteiger partial charge in [-0.3, -0.25) is 10.5 Å². The van der Waals surface area contributed by atoms with E-state index in [2.05, 4.69) is 10.5 Å². The van der Waals surface area contributed by atoms with E-state index in [9.17, 15) is 0 Å². The van der Waals surface area contributed by atoms with Crippen molar-refractivity contribution in [2.45, 2.75) is 39.0 Å². The van der Waals surface area contributed by atoms with Gasteiger partial charge in [0.25, 0.3) is 0 Å². The first kappa shape index (κ1) is 13.4. The number of hydrogen-bond donors (Lipinski definition) is 2. The van der Waals surface area contributed by atoms with Gasteiger partial charge in [0, 0.05) is 13.7 Å². The fourth-order valence-corrected chi connectivity index (χ4v) is 2.09. The van der Waals surface area contributed by atoms with Gasteiger partial charge < -0.3 is 4.74 Å². The van der Waals surface area contributed by atoms with Crippen molar-refractivity contribution in [2.24, 2.45) is 5.84 Å². The Hall–Kier alpha value is -0.620. The van der Waals surface area contributed by atoms with Crippen LogP contribution in [0.4, 0.5) is 0 Å². The van der Waals surface area contributed by atoms with Gasteiger partial charge in [-0.05, 0) is 13.3 Å². The molecule has 6 heteroatoms. The average Bonchev–Trinajstić information content (AvgIpc) is 2.67. The minimum Gasteiger partial charge on any atom is -0.379 e. The number of aryl methyl sites for hydroxylation is 1. The Balaban J connectivity index is 3.06. The fourth-order valence-electron chi connectivity index (χ4n) is 1.83. The van der Waals surface area contributed by atoms with Crippen LogP contribution in [0.15, 0.2) is 6.20 Å². The Morgan fingerprint density at radius 3 is 2.75 bits per heavy atom. The van der Waals surface area contributed by atoms with Gasteiger partial charge in [-0.2, -0.15) is 5.10 Å². The third-order valence-corrected chi connectivity index (χ3v) is 2.98. The van der Waals surface area contributed by atoms with E-state index in [1.54, 1.807) is 13.3 Å². The summed E-state index contributed by atoms with van der Waals surface area (Å²) < 4.78 is 7.22. The van der Waals surface area contributed by atoms with E-state index in [0.29, 0.717) is 5.02 Å². The highest BCUT2D eigenvalue weighted by atomic mass is 35.5. The van der Waals surface area contributed by atoms with E-state index in [4.69, 9.17) is 22.2 Å². The molecule has 2 unspecified atom stereocenters. The maximum Gasteiger partial charge on any atom is 0.0905 e. The number of aromatic nitrogens is 2. The molecule has 0 aliphatic heterocycles. The Morgan fingerprint density at radius 2 is 2.31 bits per heavy atom. The lowest BCUT2D eigenvalue weighted by Gasteiger charge is -2.25. The summed E-state index contributed by atoms with van der Waals surface area (Å²) in [6.45, 7) is 4.80. The van der Waals surface area contributed by atoms with E-state index in [0.717, 1.165) is 18.7 Å². The third kappa shape index (κ3) is 2.55. The molecule has 0 saturated heterocycles. The lowest BCUT2D eigenvalue weighted by Crippen LogP contribution is -2.38. The summed E-state index contributed by atoms with van der Waals surface area (Å²) in [5, 5.41) is 4.80. The second-order valence-corrected chi connectivity index (χ2v) is 3.93. The fraction of sp³-hybridized carbons (Fsp3) is 0.700.